The molecule has 5 heteroatoms. The number of nitrogens with zero attached hydrogens (tertiary/aromatic N) is 2. The highest BCUT2D eigenvalue weighted by molar-refractivity contribution is 7.09. The molecule has 2 rings (SSSR count). The van der Waals surface area contributed by atoms with E-state index in [0.717, 1.165) is 38.2 Å². The van der Waals surface area contributed by atoms with E-state index in [1.807, 2.05) is 0 Å². The Morgan fingerprint density at radius 2 is 2.42 bits per heavy atom. The van der Waals surface area contributed by atoms with Crippen LogP contribution >= 0.6 is 22.9 Å². The number of hydrogen-bond donors (Lipinski definition) is 0. The molecule has 1 aromatic rings. The summed E-state index contributed by atoms with van der Waals surface area (Å²) in [6.07, 6.45) is 6.42. The zero-order chi connectivity index (χ0) is 13.5. The molecule has 1 unspecified atom stereocenters. The Kier molecular flexibility index (Phi) is 6.57. The highest BCUT2D eigenvalue weighted by Gasteiger charge is 2.15. The molecule has 0 radical (unpaired) electrons. The molecule has 1 aliphatic rings. The molecule has 1 aromatic heterocycles. The van der Waals surface area contributed by atoms with Gasteiger partial charge in [-0.1, -0.05) is 0 Å². The van der Waals surface area contributed by atoms with E-state index >= 15 is 0 Å². The fourth-order valence-electron chi connectivity index (χ4n) is 2.42. The van der Waals surface area contributed by atoms with Crippen LogP contribution in [0.2, 0.25) is 0 Å². The molecule has 0 bridgehead atoms. The van der Waals surface area contributed by atoms with Gasteiger partial charge < -0.3 is 9.64 Å². The zero-order valence-electron chi connectivity index (χ0n) is 11.6. The largest absolute Gasteiger partial charge is 0.377 e. The van der Waals surface area contributed by atoms with Crippen LogP contribution in [0.3, 0.4) is 0 Å². The summed E-state index contributed by atoms with van der Waals surface area (Å²) >= 11 is 7.48. The number of aromatic nitrogens is 1. The molecule has 0 amide bonds. The summed E-state index contributed by atoms with van der Waals surface area (Å²) in [6, 6.07) is 0. The summed E-state index contributed by atoms with van der Waals surface area (Å²) in [4.78, 5) is 6.87. The number of halogens is 1. The molecule has 3 nitrogen and oxygen atoms in total. The van der Waals surface area contributed by atoms with E-state index in [2.05, 4.69) is 22.3 Å². The predicted molar refractivity (Wildman–Crippen MR) is 81.1 cm³/mol. The van der Waals surface area contributed by atoms with Crippen LogP contribution in [-0.4, -0.2) is 42.7 Å². The van der Waals surface area contributed by atoms with E-state index < -0.39 is 0 Å². The van der Waals surface area contributed by atoms with Crippen LogP contribution in [0, 0.1) is 0 Å². The Balaban J connectivity index is 1.61. The smallest absolute Gasteiger partial charge is 0.0929 e. The van der Waals surface area contributed by atoms with Crippen LogP contribution in [-0.2, 0) is 17.0 Å². The van der Waals surface area contributed by atoms with E-state index in [1.54, 1.807) is 11.3 Å². The Morgan fingerprint density at radius 1 is 1.53 bits per heavy atom. The Bertz CT molecular complexity index is 366. The van der Waals surface area contributed by atoms with Crippen molar-refractivity contribution in [2.75, 3.05) is 26.7 Å². The van der Waals surface area contributed by atoms with Gasteiger partial charge >= 0.3 is 0 Å². The van der Waals surface area contributed by atoms with Gasteiger partial charge in [0.2, 0.25) is 0 Å². The molecule has 1 atom stereocenters. The maximum Gasteiger partial charge on any atom is 0.0929 e. The first-order valence-corrected chi connectivity index (χ1v) is 8.48. The van der Waals surface area contributed by atoms with Gasteiger partial charge in [0.15, 0.2) is 0 Å². The van der Waals surface area contributed by atoms with Crippen molar-refractivity contribution in [3.05, 3.63) is 16.1 Å². The maximum absolute atomic E-state index is 5.76. The van der Waals surface area contributed by atoms with Crippen molar-refractivity contribution in [2.24, 2.45) is 0 Å². The molecule has 1 fully saturated rings. The van der Waals surface area contributed by atoms with Crippen molar-refractivity contribution in [2.45, 2.75) is 44.1 Å². The Morgan fingerprint density at radius 3 is 3.11 bits per heavy atom. The van der Waals surface area contributed by atoms with Gasteiger partial charge in [-0.05, 0) is 39.3 Å². The third kappa shape index (κ3) is 5.38. The van der Waals surface area contributed by atoms with E-state index in [4.69, 9.17) is 16.3 Å². The molecular weight excluding hydrogens is 280 g/mol. The van der Waals surface area contributed by atoms with Gasteiger partial charge in [0.1, 0.15) is 0 Å². The van der Waals surface area contributed by atoms with Crippen LogP contribution in [0.25, 0.3) is 0 Å². The van der Waals surface area contributed by atoms with E-state index in [9.17, 15) is 0 Å². The minimum absolute atomic E-state index is 0.446. The second-order valence-corrected chi connectivity index (χ2v) is 6.43. The van der Waals surface area contributed by atoms with E-state index in [0.29, 0.717) is 12.0 Å². The highest BCUT2D eigenvalue weighted by atomic mass is 35.5. The first kappa shape index (κ1) is 15.2. The molecule has 108 valence electrons. The molecule has 0 N–H and O–H groups in total. The summed E-state index contributed by atoms with van der Waals surface area (Å²) in [6.45, 7) is 3.11. The van der Waals surface area contributed by atoms with Crippen molar-refractivity contribution in [1.29, 1.82) is 0 Å². The number of thiazole rings is 1. The number of rotatable bonds is 7. The predicted octanol–water partition coefficient (Wildman–Crippen LogP) is 3.32. The van der Waals surface area contributed by atoms with Crippen molar-refractivity contribution in [3.63, 3.8) is 0 Å². The molecule has 0 aliphatic carbocycles. The van der Waals surface area contributed by atoms with Crippen LogP contribution in [0.15, 0.2) is 5.38 Å². The molecular formula is C14H23ClN2OS. The summed E-state index contributed by atoms with van der Waals surface area (Å²) in [5.74, 6) is 0.523. The summed E-state index contributed by atoms with van der Waals surface area (Å²) in [7, 11) is 2.18. The van der Waals surface area contributed by atoms with Gasteiger partial charge in [-0.15, -0.1) is 22.9 Å². The molecule has 19 heavy (non-hydrogen) atoms. The first-order valence-electron chi connectivity index (χ1n) is 7.07. The fraction of sp³-hybridized carbons (Fsp3) is 0.786. The topological polar surface area (TPSA) is 25.4 Å². The number of alkyl halides is 1. The first-order chi connectivity index (χ1) is 9.28. The average molecular weight is 303 g/mol. The minimum Gasteiger partial charge on any atom is -0.377 e. The van der Waals surface area contributed by atoms with Crippen molar-refractivity contribution in [1.82, 2.24) is 9.88 Å². The SMILES string of the molecule is CN(CCCc1nc(CCl)cs1)CC1CCCCO1. The highest BCUT2D eigenvalue weighted by Crippen LogP contribution is 2.15. The normalized spacial score (nSPS) is 20.1. The minimum atomic E-state index is 0.446. The van der Waals surface area contributed by atoms with Crippen molar-refractivity contribution >= 4 is 22.9 Å². The zero-order valence-corrected chi connectivity index (χ0v) is 13.2. The van der Waals surface area contributed by atoms with Gasteiger partial charge in [-0.3, -0.25) is 0 Å². The monoisotopic (exact) mass is 302 g/mol. The third-order valence-corrected chi connectivity index (χ3v) is 4.69. The fourth-order valence-corrected chi connectivity index (χ4v) is 3.48. The third-order valence-electron chi connectivity index (χ3n) is 3.46. The second-order valence-electron chi connectivity index (χ2n) is 5.22. The lowest BCUT2D eigenvalue weighted by molar-refractivity contribution is -0.00151. The van der Waals surface area contributed by atoms with E-state index in [-0.39, 0.29) is 0 Å². The van der Waals surface area contributed by atoms with Gasteiger partial charge in [0.05, 0.1) is 22.7 Å². The Labute approximate surface area is 124 Å². The number of ether oxygens (including phenoxy) is 1. The Hall–Kier alpha value is -0.160. The summed E-state index contributed by atoms with van der Waals surface area (Å²) in [5, 5.41) is 3.26. The lowest BCUT2D eigenvalue weighted by Crippen LogP contribution is -2.34. The van der Waals surface area contributed by atoms with Gasteiger partial charge in [-0.25, -0.2) is 4.98 Å². The standard InChI is InChI=1S/C14H23ClN2OS/c1-17(10-13-5-2-3-8-18-13)7-4-6-14-16-12(9-15)11-19-14/h11,13H,2-10H2,1H3. The second kappa shape index (κ2) is 8.20. The molecule has 0 saturated carbocycles. The number of aryl methyl sites for hydroxylation is 1. The molecule has 0 aromatic carbocycles. The molecule has 2 heterocycles. The van der Waals surface area contributed by atoms with Gasteiger partial charge in [0, 0.05) is 25.0 Å². The van der Waals surface area contributed by atoms with Crippen LogP contribution in [0.4, 0.5) is 0 Å². The molecule has 0 spiro atoms. The summed E-state index contributed by atoms with van der Waals surface area (Å²) in [5.41, 5.74) is 1.01. The number of hydrogen-bond acceptors (Lipinski definition) is 4. The van der Waals surface area contributed by atoms with Gasteiger partial charge in [0.25, 0.3) is 0 Å². The lowest BCUT2D eigenvalue weighted by atomic mass is 10.1. The van der Waals surface area contributed by atoms with E-state index in [1.165, 1.54) is 24.3 Å². The average Bonchev–Trinajstić information content (AvgIpc) is 2.88. The molecule has 1 saturated heterocycles. The lowest BCUT2D eigenvalue weighted by Gasteiger charge is -2.27. The van der Waals surface area contributed by atoms with Crippen LogP contribution < -0.4 is 0 Å². The molecule has 1 aliphatic heterocycles. The van der Waals surface area contributed by atoms with Crippen molar-refractivity contribution in [3.8, 4) is 0 Å². The van der Waals surface area contributed by atoms with Gasteiger partial charge in [-0.2, -0.15) is 0 Å². The summed E-state index contributed by atoms with van der Waals surface area (Å²) < 4.78 is 5.76. The quantitative estimate of drug-likeness (QED) is 0.723. The van der Waals surface area contributed by atoms with Crippen LogP contribution in [0.5, 0.6) is 0 Å². The van der Waals surface area contributed by atoms with Crippen LogP contribution in [0.1, 0.15) is 36.4 Å². The number of likely N-dealkylation sites (N-methyl/N-ethyl adjacent to an activating group) is 1. The maximum atomic E-state index is 5.76. The van der Waals surface area contributed by atoms with Crippen molar-refractivity contribution < 1.29 is 4.74 Å².